The molecule has 25 heavy (non-hydrogen) atoms. The van der Waals surface area contributed by atoms with Crippen LogP contribution >= 0.6 is 27.3 Å². The number of aromatic nitrogens is 1. The molecule has 1 aromatic heterocycles. The van der Waals surface area contributed by atoms with Gasteiger partial charge in [-0.3, -0.25) is 14.1 Å². The molecule has 0 bridgehead atoms. The lowest BCUT2D eigenvalue weighted by Gasteiger charge is -2.10. The summed E-state index contributed by atoms with van der Waals surface area (Å²) < 4.78 is 43.9. The van der Waals surface area contributed by atoms with Crippen molar-refractivity contribution in [2.45, 2.75) is 24.8 Å². The van der Waals surface area contributed by atoms with Crippen LogP contribution in [0.1, 0.15) is 19.9 Å². The van der Waals surface area contributed by atoms with Crippen LogP contribution in [0.5, 0.6) is 0 Å². The lowest BCUT2D eigenvalue weighted by atomic mass is 10.3. The first-order valence-electron chi connectivity index (χ1n) is 7.32. The Bertz CT molecular complexity index is 1120. The third-order valence-electron chi connectivity index (χ3n) is 3.59. The minimum absolute atomic E-state index is 0.0283. The summed E-state index contributed by atoms with van der Waals surface area (Å²) in [5.41, 5.74) is 0.537. The minimum atomic E-state index is -3.97. The summed E-state index contributed by atoms with van der Waals surface area (Å²) in [6, 6.07) is 8.46. The van der Waals surface area contributed by atoms with Gasteiger partial charge in [-0.25, -0.2) is 12.8 Å². The quantitative estimate of drug-likeness (QED) is 0.650. The first kappa shape index (κ1) is 18.1. The second-order valence-electron chi connectivity index (χ2n) is 5.69. The predicted octanol–water partition coefficient (Wildman–Crippen LogP) is 4.35. The highest BCUT2D eigenvalue weighted by Crippen LogP contribution is 2.26. The molecule has 1 heterocycles. The van der Waals surface area contributed by atoms with Crippen molar-refractivity contribution < 1.29 is 12.8 Å². The van der Waals surface area contributed by atoms with E-state index in [-0.39, 0.29) is 21.5 Å². The fraction of sp³-hybridized carbons (Fsp3) is 0.188. The fourth-order valence-electron chi connectivity index (χ4n) is 2.45. The summed E-state index contributed by atoms with van der Waals surface area (Å²) in [7, 11) is -3.97. The van der Waals surface area contributed by atoms with Crippen LogP contribution in [0.25, 0.3) is 10.2 Å². The third-order valence-corrected chi connectivity index (χ3v) is 6.36. The van der Waals surface area contributed by atoms with E-state index < -0.39 is 15.8 Å². The Labute approximate surface area is 156 Å². The maximum Gasteiger partial charge on any atom is 0.308 e. The number of sulfonamides is 1. The molecule has 0 aliphatic rings. The van der Waals surface area contributed by atoms with Gasteiger partial charge in [0.2, 0.25) is 0 Å². The molecule has 0 spiro atoms. The molecular formula is C16H14BrFN2O3S2. The normalized spacial score (nSPS) is 12.0. The summed E-state index contributed by atoms with van der Waals surface area (Å²) in [6.45, 7) is 3.77. The van der Waals surface area contributed by atoms with E-state index in [2.05, 4.69) is 20.7 Å². The van der Waals surface area contributed by atoms with Gasteiger partial charge in [-0.1, -0.05) is 27.3 Å². The number of nitrogens with one attached hydrogen (secondary N) is 1. The number of hydrogen-bond acceptors (Lipinski definition) is 4. The van der Waals surface area contributed by atoms with Gasteiger partial charge >= 0.3 is 4.87 Å². The molecule has 0 amide bonds. The highest BCUT2D eigenvalue weighted by Gasteiger charge is 2.19. The number of fused-ring (bicyclic) bond motifs is 1. The predicted molar refractivity (Wildman–Crippen MR) is 101 cm³/mol. The van der Waals surface area contributed by atoms with Crippen molar-refractivity contribution in [3.05, 3.63) is 56.4 Å². The van der Waals surface area contributed by atoms with Crippen LogP contribution in [0.2, 0.25) is 0 Å². The number of benzene rings is 2. The van der Waals surface area contributed by atoms with Crippen molar-refractivity contribution in [2.24, 2.45) is 0 Å². The van der Waals surface area contributed by atoms with Gasteiger partial charge in [0.15, 0.2) is 0 Å². The standard InChI is InChI=1S/C16H14BrFN2O3S2/c1-9(2)20-14-6-4-11(8-15(14)24-16(20)21)25(22,23)19-13-5-3-10(17)7-12(13)18/h3-9,19H,1-2H3. The molecule has 0 aliphatic carbocycles. The van der Waals surface area contributed by atoms with Crippen molar-refractivity contribution >= 4 is 53.2 Å². The van der Waals surface area contributed by atoms with Crippen LogP contribution in [-0.2, 0) is 10.0 Å². The molecule has 0 radical (unpaired) electrons. The van der Waals surface area contributed by atoms with E-state index in [9.17, 15) is 17.6 Å². The zero-order valence-corrected chi connectivity index (χ0v) is 16.5. The SMILES string of the molecule is CC(C)n1c(=O)sc2cc(S(=O)(=O)Nc3ccc(Br)cc3F)ccc21. The Morgan fingerprint density at radius 3 is 2.56 bits per heavy atom. The Kier molecular flexibility index (Phi) is 4.74. The van der Waals surface area contributed by atoms with Crippen LogP contribution in [0.15, 0.2) is 50.6 Å². The Morgan fingerprint density at radius 2 is 1.92 bits per heavy atom. The molecule has 2 aromatic carbocycles. The number of thiazole rings is 1. The molecule has 5 nitrogen and oxygen atoms in total. The molecule has 0 unspecified atom stereocenters. The number of hydrogen-bond donors (Lipinski definition) is 1. The summed E-state index contributed by atoms with van der Waals surface area (Å²) in [6.07, 6.45) is 0. The first-order valence-corrected chi connectivity index (χ1v) is 10.4. The van der Waals surface area contributed by atoms with Gasteiger partial charge in [0, 0.05) is 10.5 Å². The number of anilines is 1. The molecule has 9 heteroatoms. The third kappa shape index (κ3) is 3.49. The molecule has 1 N–H and O–H groups in total. The van der Waals surface area contributed by atoms with Gasteiger partial charge in [0.25, 0.3) is 10.0 Å². The highest BCUT2D eigenvalue weighted by molar-refractivity contribution is 9.10. The average Bonchev–Trinajstić information content (AvgIpc) is 2.85. The van der Waals surface area contributed by atoms with E-state index in [1.54, 1.807) is 16.7 Å². The van der Waals surface area contributed by atoms with E-state index in [1.165, 1.54) is 24.3 Å². The van der Waals surface area contributed by atoms with Crippen LogP contribution in [-0.4, -0.2) is 13.0 Å². The molecule has 0 saturated heterocycles. The number of nitrogens with zero attached hydrogens (tertiary/aromatic N) is 1. The van der Waals surface area contributed by atoms with Crippen LogP contribution in [0.3, 0.4) is 0 Å². The number of halogens is 2. The Hall–Kier alpha value is -1.71. The van der Waals surface area contributed by atoms with E-state index in [0.717, 1.165) is 11.3 Å². The molecule has 3 aromatic rings. The zero-order valence-electron chi connectivity index (χ0n) is 13.3. The lowest BCUT2D eigenvalue weighted by molar-refractivity contribution is 0.598. The van der Waals surface area contributed by atoms with Gasteiger partial charge in [-0.05, 0) is 50.2 Å². The average molecular weight is 445 g/mol. The van der Waals surface area contributed by atoms with Crippen molar-refractivity contribution in [3.63, 3.8) is 0 Å². The number of rotatable bonds is 4. The molecule has 0 atom stereocenters. The maximum absolute atomic E-state index is 13.9. The van der Waals surface area contributed by atoms with Crippen LogP contribution < -0.4 is 9.60 Å². The minimum Gasteiger partial charge on any atom is -0.296 e. The molecule has 0 saturated carbocycles. The fourth-order valence-corrected chi connectivity index (χ4v) is 5.00. The van der Waals surface area contributed by atoms with Crippen molar-refractivity contribution in [2.75, 3.05) is 4.72 Å². The van der Waals surface area contributed by atoms with Crippen molar-refractivity contribution in [1.29, 1.82) is 0 Å². The molecule has 0 aliphatic heterocycles. The van der Waals surface area contributed by atoms with Crippen molar-refractivity contribution in [3.8, 4) is 0 Å². The smallest absolute Gasteiger partial charge is 0.296 e. The molecular weight excluding hydrogens is 431 g/mol. The summed E-state index contributed by atoms with van der Waals surface area (Å²) in [5, 5.41) is 0. The summed E-state index contributed by atoms with van der Waals surface area (Å²) in [5.74, 6) is -0.686. The van der Waals surface area contributed by atoms with E-state index in [0.29, 0.717) is 14.7 Å². The molecule has 3 rings (SSSR count). The van der Waals surface area contributed by atoms with Crippen LogP contribution in [0, 0.1) is 5.82 Å². The Balaban J connectivity index is 2.04. The lowest BCUT2D eigenvalue weighted by Crippen LogP contribution is -2.15. The van der Waals surface area contributed by atoms with Gasteiger partial charge in [0.1, 0.15) is 5.82 Å². The van der Waals surface area contributed by atoms with Gasteiger partial charge in [0.05, 0.1) is 20.8 Å². The maximum atomic E-state index is 13.9. The molecule has 0 fully saturated rings. The van der Waals surface area contributed by atoms with Gasteiger partial charge < -0.3 is 0 Å². The molecule has 132 valence electrons. The largest absolute Gasteiger partial charge is 0.308 e. The Morgan fingerprint density at radius 1 is 1.20 bits per heavy atom. The van der Waals surface area contributed by atoms with Crippen LogP contribution in [0.4, 0.5) is 10.1 Å². The second kappa shape index (κ2) is 6.54. The summed E-state index contributed by atoms with van der Waals surface area (Å²) >= 11 is 4.10. The van der Waals surface area contributed by atoms with Crippen molar-refractivity contribution in [1.82, 2.24) is 4.57 Å². The van der Waals surface area contributed by atoms with E-state index >= 15 is 0 Å². The van der Waals surface area contributed by atoms with E-state index in [4.69, 9.17) is 0 Å². The first-order chi connectivity index (χ1) is 11.7. The topological polar surface area (TPSA) is 68.2 Å². The van der Waals surface area contributed by atoms with E-state index in [1.807, 2.05) is 13.8 Å². The zero-order chi connectivity index (χ0) is 18.4. The highest BCUT2D eigenvalue weighted by atomic mass is 79.9. The summed E-state index contributed by atoms with van der Waals surface area (Å²) in [4.78, 5) is 11.9. The second-order valence-corrected chi connectivity index (χ2v) is 9.28. The monoisotopic (exact) mass is 444 g/mol. The van der Waals surface area contributed by atoms with Gasteiger partial charge in [-0.15, -0.1) is 0 Å². The van der Waals surface area contributed by atoms with Gasteiger partial charge in [-0.2, -0.15) is 0 Å².